The van der Waals surface area contributed by atoms with Crippen molar-refractivity contribution in [2.45, 2.75) is 26.3 Å². The number of nitrogens with two attached hydrogens (primary N) is 1. The van der Waals surface area contributed by atoms with Crippen molar-refractivity contribution in [1.29, 1.82) is 0 Å². The Hall–Kier alpha value is -1.68. The highest BCUT2D eigenvalue weighted by Gasteiger charge is 2.24. The fourth-order valence-electron chi connectivity index (χ4n) is 1.15. The third kappa shape index (κ3) is 2.67. The third-order valence-electron chi connectivity index (χ3n) is 2.24. The Kier molecular flexibility index (Phi) is 3.44. The van der Waals surface area contributed by atoms with Gasteiger partial charge in [0.15, 0.2) is 0 Å². The van der Waals surface area contributed by atoms with Gasteiger partial charge in [-0.25, -0.2) is 5.84 Å². The van der Waals surface area contributed by atoms with Crippen LogP contribution in [0.1, 0.15) is 41.5 Å². The highest BCUT2D eigenvalue weighted by Crippen LogP contribution is 2.13. The first-order valence-corrected chi connectivity index (χ1v) is 5.01. The summed E-state index contributed by atoms with van der Waals surface area (Å²) in [5, 5.41) is 1.18. The minimum atomic E-state index is -0.430. The van der Waals surface area contributed by atoms with Crippen LogP contribution < -0.4 is 5.84 Å². The van der Waals surface area contributed by atoms with Gasteiger partial charge in [-0.05, 0) is 32.9 Å². The van der Waals surface area contributed by atoms with Gasteiger partial charge in [0.2, 0.25) is 0 Å². The second kappa shape index (κ2) is 4.45. The second-order valence-corrected chi connectivity index (χ2v) is 4.59. The number of carbonyl (C=O) groups is 2. The largest absolute Gasteiger partial charge is 0.298 e. The van der Waals surface area contributed by atoms with E-state index < -0.39 is 5.54 Å². The molecule has 0 saturated heterocycles. The lowest BCUT2D eigenvalue weighted by Crippen LogP contribution is -2.50. The highest BCUT2D eigenvalue weighted by molar-refractivity contribution is 5.94. The maximum Gasteiger partial charge on any atom is 0.268 e. The van der Waals surface area contributed by atoms with Gasteiger partial charge in [-0.1, -0.05) is 12.1 Å². The number of hydrogen-bond acceptors (Lipinski definition) is 3. The van der Waals surface area contributed by atoms with Gasteiger partial charge in [-0.2, -0.15) is 0 Å². The lowest BCUT2D eigenvalue weighted by atomic mass is 10.1. The Morgan fingerprint density at radius 2 is 1.75 bits per heavy atom. The second-order valence-electron chi connectivity index (χ2n) is 4.59. The molecule has 0 aliphatic carbocycles. The summed E-state index contributed by atoms with van der Waals surface area (Å²) in [6, 6.07) is 6.38. The van der Waals surface area contributed by atoms with Crippen LogP contribution in [0.2, 0.25) is 0 Å². The minimum absolute atomic E-state index is 0.259. The zero-order valence-electron chi connectivity index (χ0n) is 9.73. The van der Waals surface area contributed by atoms with Gasteiger partial charge in [0, 0.05) is 11.1 Å². The van der Waals surface area contributed by atoms with Gasteiger partial charge < -0.3 is 0 Å². The molecule has 0 atom stereocenters. The molecule has 1 aromatic carbocycles. The summed E-state index contributed by atoms with van der Waals surface area (Å²) < 4.78 is 0. The smallest absolute Gasteiger partial charge is 0.268 e. The molecule has 0 aromatic heterocycles. The Balaban J connectivity index is 2.92. The summed E-state index contributed by atoms with van der Waals surface area (Å²) in [4.78, 5) is 22.4. The van der Waals surface area contributed by atoms with E-state index in [1.807, 2.05) is 20.8 Å². The molecule has 0 aliphatic rings. The molecule has 1 rings (SSSR count). The summed E-state index contributed by atoms with van der Waals surface area (Å²) in [7, 11) is 0. The van der Waals surface area contributed by atoms with Crippen molar-refractivity contribution in [2.75, 3.05) is 0 Å². The molecule has 1 aromatic rings. The average molecular weight is 220 g/mol. The van der Waals surface area contributed by atoms with Crippen LogP contribution in [-0.4, -0.2) is 22.7 Å². The predicted molar refractivity (Wildman–Crippen MR) is 61.9 cm³/mol. The lowest BCUT2D eigenvalue weighted by molar-refractivity contribution is 0.0581. The standard InChI is InChI=1S/C12H16N2O2/c1-12(2,3)14(13)11(16)10-6-4-9(8-15)5-7-10/h4-8H,13H2,1-3H3. The van der Waals surface area contributed by atoms with Crippen molar-refractivity contribution in [3.63, 3.8) is 0 Å². The Bertz CT molecular complexity index is 390. The molecule has 16 heavy (non-hydrogen) atoms. The fraction of sp³-hybridized carbons (Fsp3) is 0.333. The maximum atomic E-state index is 11.9. The lowest BCUT2D eigenvalue weighted by Gasteiger charge is -2.31. The molecule has 0 unspecified atom stereocenters. The zero-order chi connectivity index (χ0) is 12.3. The number of hydrogen-bond donors (Lipinski definition) is 1. The predicted octanol–water partition coefficient (Wildman–Crippen LogP) is 1.61. The van der Waals surface area contributed by atoms with Gasteiger partial charge in [0.25, 0.3) is 5.91 Å². The number of aldehydes is 1. The first-order valence-electron chi connectivity index (χ1n) is 5.01. The molecule has 86 valence electrons. The van der Waals surface area contributed by atoms with Crippen LogP contribution in [0.4, 0.5) is 0 Å². The van der Waals surface area contributed by atoms with Crippen molar-refractivity contribution < 1.29 is 9.59 Å². The summed E-state index contributed by atoms with van der Waals surface area (Å²) >= 11 is 0. The van der Waals surface area contributed by atoms with Gasteiger partial charge in [0.1, 0.15) is 6.29 Å². The number of rotatable bonds is 2. The topological polar surface area (TPSA) is 63.4 Å². The van der Waals surface area contributed by atoms with Gasteiger partial charge in [0.05, 0.1) is 5.54 Å². The molecular weight excluding hydrogens is 204 g/mol. The average Bonchev–Trinajstić information content (AvgIpc) is 2.26. The summed E-state index contributed by atoms with van der Waals surface area (Å²) in [5.74, 6) is 5.45. The molecule has 0 saturated carbocycles. The fourth-order valence-corrected chi connectivity index (χ4v) is 1.15. The summed E-state index contributed by atoms with van der Waals surface area (Å²) in [6.45, 7) is 5.56. The van der Waals surface area contributed by atoms with Crippen LogP contribution in [-0.2, 0) is 0 Å². The van der Waals surface area contributed by atoms with Crippen LogP contribution in [0.25, 0.3) is 0 Å². The van der Waals surface area contributed by atoms with E-state index >= 15 is 0 Å². The van der Waals surface area contributed by atoms with Crippen LogP contribution >= 0.6 is 0 Å². The molecule has 0 bridgehead atoms. The zero-order valence-corrected chi connectivity index (χ0v) is 9.73. The Labute approximate surface area is 95.0 Å². The van der Waals surface area contributed by atoms with Crippen LogP contribution in [0, 0.1) is 0 Å². The van der Waals surface area contributed by atoms with Crippen molar-refractivity contribution in [2.24, 2.45) is 5.84 Å². The van der Waals surface area contributed by atoms with Crippen LogP contribution in [0.15, 0.2) is 24.3 Å². The number of benzene rings is 1. The van der Waals surface area contributed by atoms with Crippen LogP contribution in [0.3, 0.4) is 0 Å². The van der Waals surface area contributed by atoms with E-state index in [1.165, 1.54) is 5.01 Å². The highest BCUT2D eigenvalue weighted by atomic mass is 16.2. The number of carbonyl (C=O) groups excluding carboxylic acids is 2. The number of hydrazine groups is 1. The van der Waals surface area contributed by atoms with E-state index in [0.29, 0.717) is 11.1 Å². The van der Waals surface area contributed by atoms with Crippen molar-refractivity contribution in [3.05, 3.63) is 35.4 Å². The quantitative estimate of drug-likeness (QED) is 0.356. The molecule has 0 fully saturated rings. The molecule has 2 N–H and O–H groups in total. The molecule has 0 aliphatic heterocycles. The first-order chi connectivity index (χ1) is 7.36. The number of amides is 1. The van der Waals surface area contributed by atoms with Crippen LogP contribution in [0.5, 0.6) is 0 Å². The van der Waals surface area contributed by atoms with E-state index in [-0.39, 0.29) is 5.91 Å². The van der Waals surface area contributed by atoms with E-state index in [4.69, 9.17) is 5.84 Å². The normalized spacial score (nSPS) is 11.0. The van der Waals surface area contributed by atoms with Gasteiger partial charge in [-0.15, -0.1) is 0 Å². The van der Waals surface area contributed by atoms with Crippen molar-refractivity contribution >= 4 is 12.2 Å². The summed E-state index contributed by atoms with van der Waals surface area (Å²) in [6.07, 6.45) is 0.734. The van der Waals surface area contributed by atoms with E-state index in [9.17, 15) is 9.59 Å². The SMILES string of the molecule is CC(C)(C)N(N)C(=O)c1ccc(C=O)cc1. The van der Waals surface area contributed by atoms with Gasteiger partial charge in [-0.3, -0.25) is 14.6 Å². The molecule has 4 heteroatoms. The summed E-state index contributed by atoms with van der Waals surface area (Å²) in [5.41, 5.74) is 0.583. The molecule has 0 radical (unpaired) electrons. The maximum absolute atomic E-state index is 11.9. The van der Waals surface area contributed by atoms with Crippen molar-refractivity contribution in [1.82, 2.24) is 5.01 Å². The van der Waals surface area contributed by atoms with E-state index in [2.05, 4.69) is 0 Å². The Morgan fingerprint density at radius 1 is 1.25 bits per heavy atom. The Morgan fingerprint density at radius 3 is 2.12 bits per heavy atom. The first kappa shape index (κ1) is 12.4. The van der Waals surface area contributed by atoms with E-state index in [1.54, 1.807) is 24.3 Å². The third-order valence-corrected chi connectivity index (χ3v) is 2.24. The molecule has 0 spiro atoms. The van der Waals surface area contributed by atoms with Gasteiger partial charge >= 0.3 is 0 Å². The number of nitrogens with zero attached hydrogens (tertiary/aromatic N) is 1. The van der Waals surface area contributed by atoms with Crippen molar-refractivity contribution in [3.8, 4) is 0 Å². The molecular formula is C12H16N2O2. The van der Waals surface area contributed by atoms with E-state index in [0.717, 1.165) is 6.29 Å². The molecule has 0 heterocycles. The monoisotopic (exact) mass is 220 g/mol. The molecule has 4 nitrogen and oxygen atoms in total. The minimum Gasteiger partial charge on any atom is -0.298 e. The molecule has 1 amide bonds.